The highest BCUT2D eigenvalue weighted by Gasteiger charge is 2.28. The summed E-state index contributed by atoms with van der Waals surface area (Å²) in [6.45, 7) is 1.50. The monoisotopic (exact) mass is 443 g/mol. The van der Waals surface area contributed by atoms with Crippen molar-refractivity contribution in [3.05, 3.63) is 41.7 Å². The summed E-state index contributed by atoms with van der Waals surface area (Å²) in [6.07, 6.45) is 1.57. The Bertz CT molecular complexity index is 1040. The number of ether oxygens (including phenoxy) is 2. The second kappa shape index (κ2) is 8.30. The van der Waals surface area contributed by atoms with Gasteiger partial charge in [-0.25, -0.2) is 4.39 Å². The highest BCUT2D eigenvalue weighted by molar-refractivity contribution is 7.99. The molecule has 0 aromatic heterocycles. The topological polar surface area (TPSA) is 79.9 Å². The number of nitrogens with zero attached hydrogens (tertiary/aromatic N) is 1. The van der Waals surface area contributed by atoms with Crippen molar-refractivity contribution in [3.8, 4) is 11.5 Å². The Balaban J connectivity index is 1.19. The van der Waals surface area contributed by atoms with Crippen LogP contribution in [0, 0.1) is 11.7 Å². The number of hydrogen-bond donors (Lipinski definition) is 2. The number of hydrogen-bond acceptors (Lipinski definition) is 6. The molecule has 0 spiro atoms. The number of rotatable bonds is 4. The van der Waals surface area contributed by atoms with Crippen LogP contribution in [0.4, 0.5) is 15.8 Å². The molecule has 1 saturated heterocycles. The maximum Gasteiger partial charge on any atom is 0.262 e. The summed E-state index contributed by atoms with van der Waals surface area (Å²) in [7, 11) is 0. The van der Waals surface area contributed by atoms with Crippen molar-refractivity contribution < 1.29 is 23.5 Å². The van der Waals surface area contributed by atoms with E-state index < -0.39 is 5.82 Å². The lowest BCUT2D eigenvalue weighted by Gasteiger charge is -2.32. The van der Waals surface area contributed by atoms with Crippen LogP contribution in [0.25, 0.3) is 0 Å². The first-order valence-electron chi connectivity index (χ1n) is 10.3. The Morgan fingerprint density at radius 1 is 1.29 bits per heavy atom. The Hall–Kier alpha value is -2.94. The van der Waals surface area contributed by atoms with Crippen LogP contribution in [0.3, 0.4) is 0 Å². The molecule has 3 heterocycles. The van der Waals surface area contributed by atoms with Crippen LogP contribution in [0.15, 0.2) is 35.2 Å². The van der Waals surface area contributed by atoms with E-state index in [0.29, 0.717) is 31.3 Å². The number of fused-ring (bicyclic) bond motifs is 2. The quantitative estimate of drug-likeness (QED) is 0.752. The fraction of sp³-hybridized carbons (Fsp3) is 0.364. The van der Waals surface area contributed by atoms with Crippen LogP contribution in [-0.2, 0) is 4.79 Å². The SMILES string of the molecule is O=C1COc2cc(F)c(C(=O)N3CCC(COc4cccc5c4NCS5)CC3)cc2N1. The fourth-order valence-electron chi connectivity index (χ4n) is 4.06. The van der Waals surface area contributed by atoms with Gasteiger partial charge in [0.05, 0.1) is 29.4 Å². The maximum atomic E-state index is 14.5. The van der Waals surface area contributed by atoms with Crippen molar-refractivity contribution >= 4 is 35.0 Å². The molecule has 2 amide bonds. The number of anilines is 2. The van der Waals surface area contributed by atoms with Gasteiger partial charge >= 0.3 is 0 Å². The molecular weight excluding hydrogens is 421 g/mol. The average molecular weight is 444 g/mol. The van der Waals surface area contributed by atoms with Crippen molar-refractivity contribution in [2.24, 2.45) is 5.92 Å². The first-order valence-corrected chi connectivity index (χ1v) is 11.2. The molecule has 3 aliphatic heterocycles. The van der Waals surface area contributed by atoms with Crippen molar-refractivity contribution in [2.45, 2.75) is 17.7 Å². The number of benzene rings is 2. The lowest BCUT2D eigenvalue weighted by Crippen LogP contribution is -2.40. The van der Waals surface area contributed by atoms with E-state index in [4.69, 9.17) is 9.47 Å². The molecule has 9 heteroatoms. The number of nitrogens with one attached hydrogen (secondary N) is 2. The van der Waals surface area contributed by atoms with Gasteiger partial charge in [0.25, 0.3) is 11.8 Å². The molecule has 2 N–H and O–H groups in total. The molecule has 162 valence electrons. The standard InChI is InChI=1S/C22H22FN3O4S/c23-15-9-18-16(25-20(27)11-30-18)8-14(15)22(28)26-6-4-13(5-7-26)10-29-17-2-1-3-19-21(17)24-12-31-19/h1-3,8-9,13,24H,4-7,10-12H2,(H,25,27). The number of likely N-dealkylation sites (tertiary alicyclic amines) is 1. The molecule has 31 heavy (non-hydrogen) atoms. The van der Waals surface area contributed by atoms with Gasteiger partial charge in [-0.2, -0.15) is 0 Å². The Kier molecular flexibility index (Phi) is 5.35. The number of carbonyl (C=O) groups is 2. The summed E-state index contributed by atoms with van der Waals surface area (Å²) >= 11 is 1.76. The zero-order valence-electron chi connectivity index (χ0n) is 16.8. The summed E-state index contributed by atoms with van der Waals surface area (Å²) < 4.78 is 25.8. The van der Waals surface area contributed by atoms with Gasteiger partial charge in [-0.1, -0.05) is 6.07 Å². The summed E-state index contributed by atoms with van der Waals surface area (Å²) in [6, 6.07) is 8.57. The molecule has 5 rings (SSSR count). The summed E-state index contributed by atoms with van der Waals surface area (Å²) in [5.41, 5.74) is 1.33. The van der Waals surface area contributed by atoms with Crippen molar-refractivity contribution in [1.29, 1.82) is 0 Å². The summed E-state index contributed by atoms with van der Waals surface area (Å²) in [5, 5.41) is 5.96. The maximum absolute atomic E-state index is 14.5. The molecule has 0 bridgehead atoms. The lowest BCUT2D eigenvalue weighted by molar-refractivity contribution is -0.118. The predicted octanol–water partition coefficient (Wildman–Crippen LogP) is 3.56. The van der Waals surface area contributed by atoms with Crippen LogP contribution < -0.4 is 20.1 Å². The molecule has 2 aromatic carbocycles. The van der Waals surface area contributed by atoms with Gasteiger partial charge in [0.2, 0.25) is 0 Å². The van der Waals surface area contributed by atoms with E-state index in [0.717, 1.165) is 36.2 Å². The van der Waals surface area contributed by atoms with Gasteiger partial charge in [0.1, 0.15) is 17.3 Å². The number of halogens is 1. The molecule has 7 nitrogen and oxygen atoms in total. The Labute approximate surface area is 183 Å². The average Bonchev–Trinajstić information content (AvgIpc) is 3.27. The Morgan fingerprint density at radius 3 is 2.97 bits per heavy atom. The number of thioether (sulfide) groups is 1. The van der Waals surface area contributed by atoms with Crippen LogP contribution in [-0.4, -0.2) is 48.9 Å². The number of para-hydroxylation sites is 1. The van der Waals surface area contributed by atoms with Crippen molar-refractivity contribution in [1.82, 2.24) is 4.90 Å². The minimum absolute atomic E-state index is 0.0531. The fourth-order valence-corrected chi connectivity index (χ4v) is 4.92. The normalized spacial score (nSPS) is 17.8. The number of piperidine rings is 1. The van der Waals surface area contributed by atoms with E-state index in [2.05, 4.69) is 16.7 Å². The van der Waals surface area contributed by atoms with Gasteiger partial charge in [-0.15, -0.1) is 11.8 Å². The zero-order chi connectivity index (χ0) is 21.4. The Morgan fingerprint density at radius 2 is 2.13 bits per heavy atom. The number of amides is 2. The van der Waals surface area contributed by atoms with E-state index >= 15 is 0 Å². The third-order valence-corrected chi connectivity index (χ3v) is 6.71. The molecule has 0 radical (unpaired) electrons. The van der Waals surface area contributed by atoms with E-state index in [1.165, 1.54) is 11.0 Å². The minimum atomic E-state index is -0.645. The van der Waals surface area contributed by atoms with Crippen LogP contribution in [0.1, 0.15) is 23.2 Å². The third kappa shape index (κ3) is 4.01. The largest absolute Gasteiger partial charge is 0.491 e. The van der Waals surface area contributed by atoms with Crippen LogP contribution in [0.2, 0.25) is 0 Å². The van der Waals surface area contributed by atoms with Gasteiger partial charge in [0.15, 0.2) is 6.61 Å². The molecular formula is C22H22FN3O4S. The van der Waals surface area contributed by atoms with Gasteiger partial charge < -0.3 is 25.0 Å². The van der Waals surface area contributed by atoms with Crippen molar-refractivity contribution in [3.63, 3.8) is 0 Å². The zero-order valence-corrected chi connectivity index (χ0v) is 17.6. The molecule has 3 aliphatic rings. The lowest BCUT2D eigenvalue weighted by atomic mass is 9.97. The molecule has 1 fully saturated rings. The second-order valence-electron chi connectivity index (χ2n) is 7.81. The van der Waals surface area contributed by atoms with E-state index in [-0.39, 0.29) is 29.7 Å². The van der Waals surface area contributed by atoms with Gasteiger partial charge in [0, 0.05) is 24.1 Å². The molecule has 2 aromatic rings. The van der Waals surface area contributed by atoms with E-state index in [1.54, 1.807) is 16.7 Å². The summed E-state index contributed by atoms with van der Waals surface area (Å²) in [4.78, 5) is 27.3. The van der Waals surface area contributed by atoms with Crippen LogP contribution in [0.5, 0.6) is 11.5 Å². The highest BCUT2D eigenvalue weighted by atomic mass is 32.2. The third-order valence-electron chi connectivity index (χ3n) is 5.77. The molecule has 0 unspecified atom stereocenters. The first-order chi connectivity index (χ1) is 15.1. The first kappa shape index (κ1) is 20.0. The molecule has 0 atom stereocenters. The second-order valence-corrected chi connectivity index (χ2v) is 8.82. The van der Waals surface area contributed by atoms with Crippen molar-refractivity contribution in [2.75, 3.05) is 42.8 Å². The summed E-state index contributed by atoms with van der Waals surface area (Å²) in [5.74, 6) is 0.943. The van der Waals surface area contributed by atoms with E-state index in [1.807, 2.05) is 12.1 Å². The number of carbonyl (C=O) groups excluding carboxylic acids is 2. The minimum Gasteiger partial charge on any atom is -0.491 e. The predicted molar refractivity (Wildman–Crippen MR) is 115 cm³/mol. The van der Waals surface area contributed by atoms with Gasteiger partial charge in [-0.3, -0.25) is 9.59 Å². The highest BCUT2D eigenvalue weighted by Crippen LogP contribution is 2.40. The molecule has 0 aliphatic carbocycles. The van der Waals surface area contributed by atoms with Crippen LogP contribution >= 0.6 is 11.8 Å². The van der Waals surface area contributed by atoms with E-state index in [9.17, 15) is 14.0 Å². The van der Waals surface area contributed by atoms with Gasteiger partial charge in [-0.05, 0) is 37.0 Å². The molecule has 0 saturated carbocycles. The smallest absolute Gasteiger partial charge is 0.262 e.